The molecule has 1 heterocycles. The van der Waals surface area contributed by atoms with E-state index in [0.29, 0.717) is 16.8 Å². The van der Waals surface area contributed by atoms with Crippen LogP contribution in [0.2, 0.25) is 5.15 Å². The lowest BCUT2D eigenvalue weighted by atomic mass is 10.2. The summed E-state index contributed by atoms with van der Waals surface area (Å²) in [5.74, 6) is 1.09. The second-order valence-corrected chi connectivity index (χ2v) is 5.99. The summed E-state index contributed by atoms with van der Waals surface area (Å²) in [7, 11) is 0. The summed E-state index contributed by atoms with van der Waals surface area (Å²) in [4.78, 5) is 8.66. The van der Waals surface area contributed by atoms with Crippen molar-refractivity contribution in [3.05, 3.63) is 75.9 Å². The number of halogens is 2. The minimum absolute atomic E-state index is 0.361. The monoisotopic (exact) mass is 386 g/mol. The van der Waals surface area contributed by atoms with Crippen molar-refractivity contribution in [1.29, 1.82) is 0 Å². The van der Waals surface area contributed by atoms with Crippen LogP contribution in [0.25, 0.3) is 11.4 Å². The fraction of sp³-hybridized carbons (Fsp3) is 0. The Morgan fingerprint density at radius 1 is 1.00 bits per heavy atom. The van der Waals surface area contributed by atoms with Gasteiger partial charge in [0, 0.05) is 16.1 Å². The molecule has 0 saturated heterocycles. The Labute approximate surface area is 147 Å². The number of hydrazone groups is 1. The molecule has 0 amide bonds. The molecule has 6 heteroatoms. The summed E-state index contributed by atoms with van der Waals surface area (Å²) < 4.78 is 1.03. The van der Waals surface area contributed by atoms with E-state index in [1.54, 1.807) is 12.3 Å². The van der Waals surface area contributed by atoms with Crippen molar-refractivity contribution >= 4 is 39.6 Å². The molecule has 0 aliphatic rings. The van der Waals surface area contributed by atoms with Gasteiger partial charge in [0.15, 0.2) is 11.6 Å². The smallest absolute Gasteiger partial charge is 0.163 e. The maximum Gasteiger partial charge on any atom is 0.163 e. The summed E-state index contributed by atoms with van der Waals surface area (Å²) in [5.41, 5.74) is 4.76. The van der Waals surface area contributed by atoms with Crippen molar-refractivity contribution in [3.63, 3.8) is 0 Å². The van der Waals surface area contributed by atoms with Crippen LogP contribution in [0.1, 0.15) is 5.56 Å². The molecule has 0 atom stereocenters. The first-order valence-electron chi connectivity index (χ1n) is 6.85. The zero-order valence-electron chi connectivity index (χ0n) is 11.9. The van der Waals surface area contributed by atoms with Crippen molar-refractivity contribution < 1.29 is 0 Å². The molecule has 0 spiro atoms. The second-order valence-electron chi connectivity index (χ2n) is 4.69. The molecule has 2 aromatic carbocycles. The fourth-order valence-corrected chi connectivity index (χ4v) is 2.36. The SMILES string of the molecule is Clc1cc(NN=Cc2ccc(Br)cc2)nc(-c2ccccc2)n1. The third kappa shape index (κ3) is 4.37. The lowest BCUT2D eigenvalue weighted by molar-refractivity contribution is 1.15. The Hall–Kier alpha value is -2.24. The number of rotatable bonds is 4. The van der Waals surface area contributed by atoms with E-state index in [9.17, 15) is 0 Å². The minimum atomic E-state index is 0.361. The number of hydrogen-bond donors (Lipinski definition) is 1. The van der Waals surface area contributed by atoms with Gasteiger partial charge in [0.2, 0.25) is 0 Å². The van der Waals surface area contributed by atoms with Gasteiger partial charge in [0.05, 0.1) is 6.21 Å². The summed E-state index contributed by atoms with van der Waals surface area (Å²) >= 11 is 9.46. The first kappa shape index (κ1) is 15.6. The van der Waals surface area contributed by atoms with Crippen molar-refractivity contribution in [2.75, 3.05) is 5.43 Å². The molecular formula is C17H12BrClN4. The van der Waals surface area contributed by atoms with Gasteiger partial charge < -0.3 is 0 Å². The maximum atomic E-state index is 6.07. The van der Waals surface area contributed by atoms with Crippen LogP contribution in [0.3, 0.4) is 0 Å². The zero-order chi connectivity index (χ0) is 16.1. The van der Waals surface area contributed by atoms with Crippen molar-refractivity contribution in [3.8, 4) is 11.4 Å². The molecular weight excluding hydrogens is 376 g/mol. The van der Waals surface area contributed by atoms with Gasteiger partial charge in [-0.1, -0.05) is 70.0 Å². The van der Waals surface area contributed by atoms with Gasteiger partial charge in [-0.05, 0) is 17.7 Å². The number of aromatic nitrogens is 2. The molecule has 23 heavy (non-hydrogen) atoms. The number of hydrogen-bond acceptors (Lipinski definition) is 4. The molecule has 0 aliphatic carbocycles. The molecule has 1 N–H and O–H groups in total. The Kier molecular flexibility index (Phi) is 5.00. The highest BCUT2D eigenvalue weighted by molar-refractivity contribution is 9.10. The van der Waals surface area contributed by atoms with Gasteiger partial charge in [-0.25, -0.2) is 9.97 Å². The van der Waals surface area contributed by atoms with E-state index in [-0.39, 0.29) is 0 Å². The first-order valence-corrected chi connectivity index (χ1v) is 8.02. The highest BCUT2D eigenvalue weighted by Crippen LogP contribution is 2.20. The second kappa shape index (κ2) is 7.35. The molecule has 0 bridgehead atoms. The van der Waals surface area contributed by atoms with Crippen LogP contribution in [-0.2, 0) is 0 Å². The zero-order valence-corrected chi connectivity index (χ0v) is 14.3. The van der Waals surface area contributed by atoms with E-state index in [2.05, 4.69) is 36.4 Å². The minimum Gasteiger partial charge on any atom is -0.261 e. The van der Waals surface area contributed by atoms with Crippen LogP contribution >= 0.6 is 27.5 Å². The Bertz CT molecular complexity index is 820. The lowest BCUT2D eigenvalue weighted by Crippen LogP contribution is -1.97. The van der Waals surface area contributed by atoms with E-state index in [1.807, 2.05) is 54.6 Å². The molecule has 0 aliphatic heterocycles. The molecule has 3 aromatic rings. The van der Waals surface area contributed by atoms with Crippen LogP contribution in [0.5, 0.6) is 0 Å². The van der Waals surface area contributed by atoms with Gasteiger partial charge in [-0.3, -0.25) is 5.43 Å². The quantitative estimate of drug-likeness (QED) is 0.389. The predicted molar refractivity (Wildman–Crippen MR) is 97.8 cm³/mol. The molecule has 3 rings (SSSR count). The summed E-state index contributed by atoms with van der Waals surface area (Å²) in [6, 6.07) is 19.1. The van der Waals surface area contributed by atoms with Crippen LogP contribution in [0, 0.1) is 0 Å². The third-order valence-electron chi connectivity index (χ3n) is 2.99. The van der Waals surface area contributed by atoms with Gasteiger partial charge in [-0.2, -0.15) is 5.10 Å². The van der Waals surface area contributed by atoms with Crippen molar-refractivity contribution in [2.45, 2.75) is 0 Å². The Morgan fingerprint density at radius 2 is 1.74 bits per heavy atom. The molecule has 4 nitrogen and oxygen atoms in total. The number of anilines is 1. The largest absolute Gasteiger partial charge is 0.261 e. The van der Waals surface area contributed by atoms with Gasteiger partial charge in [0.1, 0.15) is 5.15 Å². The standard InChI is InChI=1S/C17H12BrClN4/c18-14-8-6-12(7-9-14)11-20-23-16-10-15(19)21-17(22-16)13-4-2-1-3-5-13/h1-11H,(H,21,22,23). The Balaban J connectivity index is 1.78. The van der Waals surface area contributed by atoms with Crippen LogP contribution in [0.15, 0.2) is 70.2 Å². The van der Waals surface area contributed by atoms with Gasteiger partial charge >= 0.3 is 0 Å². The summed E-state index contributed by atoms with van der Waals surface area (Å²) in [6.07, 6.45) is 1.71. The highest BCUT2D eigenvalue weighted by Gasteiger charge is 2.04. The van der Waals surface area contributed by atoms with Gasteiger partial charge in [-0.15, -0.1) is 0 Å². The Morgan fingerprint density at radius 3 is 2.48 bits per heavy atom. The van der Waals surface area contributed by atoms with Crippen molar-refractivity contribution in [1.82, 2.24) is 9.97 Å². The molecule has 1 aromatic heterocycles. The normalized spacial score (nSPS) is 10.9. The summed E-state index contributed by atoms with van der Waals surface area (Å²) in [5, 5.41) is 4.54. The molecule has 0 saturated carbocycles. The van der Waals surface area contributed by atoms with Crippen LogP contribution < -0.4 is 5.43 Å². The molecule has 0 unspecified atom stereocenters. The van der Waals surface area contributed by atoms with E-state index in [4.69, 9.17) is 11.6 Å². The number of nitrogens with zero attached hydrogens (tertiary/aromatic N) is 3. The lowest BCUT2D eigenvalue weighted by Gasteiger charge is -2.04. The topological polar surface area (TPSA) is 50.2 Å². The van der Waals surface area contributed by atoms with E-state index in [1.165, 1.54) is 0 Å². The van der Waals surface area contributed by atoms with Crippen molar-refractivity contribution in [2.24, 2.45) is 5.10 Å². The third-order valence-corrected chi connectivity index (χ3v) is 3.71. The fourth-order valence-electron chi connectivity index (χ4n) is 1.91. The van der Waals surface area contributed by atoms with Gasteiger partial charge in [0.25, 0.3) is 0 Å². The predicted octanol–water partition coefficient (Wildman–Crippen LogP) is 5.01. The molecule has 0 radical (unpaired) electrons. The number of benzene rings is 2. The number of nitrogens with one attached hydrogen (secondary N) is 1. The average Bonchev–Trinajstić information content (AvgIpc) is 2.57. The van der Waals surface area contributed by atoms with Crippen LogP contribution in [-0.4, -0.2) is 16.2 Å². The first-order chi connectivity index (χ1) is 11.2. The average molecular weight is 388 g/mol. The highest BCUT2D eigenvalue weighted by atomic mass is 79.9. The van der Waals surface area contributed by atoms with E-state index < -0.39 is 0 Å². The van der Waals surface area contributed by atoms with Crippen LogP contribution in [0.4, 0.5) is 5.82 Å². The molecule has 0 fully saturated rings. The summed E-state index contributed by atoms with van der Waals surface area (Å²) in [6.45, 7) is 0. The molecule has 114 valence electrons. The van der Waals surface area contributed by atoms with E-state index >= 15 is 0 Å². The van der Waals surface area contributed by atoms with E-state index in [0.717, 1.165) is 15.6 Å². The maximum absolute atomic E-state index is 6.07.